The van der Waals surface area contributed by atoms with Crippen molar-refractivity contribution in [3.8, 4) is 0 Å². The van der Waals surface area contributed by atoms with Crippen LogP contribution in [0.3, 0.4) is 0 Å². The minimum Gasteiger partial charge on any atom is -0.381 e. The van der Waals surface area contributed by atoms with Crippen LogP contribution >= 0.6 is 0 Å². The summed E-state index contributed by atoms with van der Waals surface area (Å²) in [5, 5.41) is 8.83. The molecule has 1 amide bonds. The van der Waals surface area contributed by atoms with E-state index in [1.165, 1.54) is 11.1 Å². The van der Waals surface area contributed by atoms with Gasteiger partial charge in [0.05, 0.1) is 6.20 Å². The van der Waals surface area contributed by atoms with E-state index in [1.54, 1.807) is 6.20 Å². The van der Waals surface area contributed by atoms with E-state index in [9.17, 15) is 4.79 Å². The van der Waals surface area contributed by atoms with Crippen molar-refractivity contribution in [1.29, 1.82) is 0 Å². The molecule has 0 aliphatic carbocycles. The highest BCUT2D eigenvalue weighted by molar-refractivity contribution is 5.99. The van der Waals surface area contributed by atoms with Crippen molar-refractivity contribution in [2.75, 3.05) is 26.3 Å². The zero-order valence-electron chi connectivity index (χ0n) is 22.3. The van der Waals surface area contributed by atoms with Crippen LogP contribution in [0.15, 0.2) is 35.0 Å². The van der Waals surface area contributed by atoms with E-state index in [-0.39, 0.29) is 11.8 Å². The molecule has 2 saturated heterocycles. The van der Waals surface area contributed by atoms with Gasteiger partial charge in [-0.1, -0.05) is 29.4 Å². The van der Waals surface area contributed by atoms with E-state index >= 15 is 0 Å². The molecule has 0 N–H and O–H groups in total. The van der Waals surface area contributed by atoms with Crippen molar-refractivity contribution in [1.82, 2.24) is 29.6 Å². The molecule has 198 valence electrons. The lowest BCUT2D eigenvalue weighted by Gasteiger charge is -2.30. The summed E-state index contributed by atoms with van der Waals surface area (Å²) in [4.78, 5) is 25.0. The van der Waals surface area contributed by atoms with Crippen LogP contribution in [0.25, 0.3) is 5.65 Å². The SMILES string of the molecule is Cc1ccccc1Cc1c(C)nc2c(C(=O)N3CCC(c4nc(C5CCOCC5)no4)CC3)cnn2c1C. The first kappa shape index (κ1) is 24.7. The molecule has 0 atom stereocenters. The highest BCUT2D eigenvalue weighted by atomic mass is 16.5. The molecule has 3 aromatic heterocycles. The number of ether oxygens (including phenoxy) is 1. The molecule has 9 nitrogen and oxygen atoms in total. The van der Waals surface area contributed by atoms with Gasteiger partial charge in [-0.15, -0.1) is 0 Å². The van der Waals surface area contributed by atoms with Gasteiger partial charge < -0.3 is 14.2 Å². The smallest absolute Gasteiger partial charge is 0.259 e. The van der Waals surface area contributed by atoms with Gasteiger partial charge in [0.1, 0.15) is 5.56 Å². The molecule has 0 bridgehead atoms. The van der Waals surface area contributed by atoms with Crippen molar-refractivity contribution in [2.24, 2.45) is 0 Å². The molecule has 2 aliphatic heterocycles. The molecule has 0 spiro atoms. The average Bonchev–Trinajstić information content (AvgIpc) is 3.60. The molecule has 0 saturated carbocycles. The fourth-order valence-electron chi connectivity index (χ4n) is 5.75. The van der Waals surface area contributed by atoms with Crippen LogP contribution in [0.1, 0.15) is 87.7 Å². The van der Waals surface area contributed by atoms with Crippen molar-refractivity contribution >= 4 is 11.6 Å². The van der Waals surface area contributed by atoms with Crippen molar-refractivity contribution < 1.29 is 14.1 Å². The second-order valence-corrected chi connectivity index (χ2v) is 10.6. The van der Waals surface area contributed by atoms with E-state index < -0.39 is 0 Å². The van der Waals surface area contributed by atoms with E-state index in [0.29, 0.717) is 36.1 Å². The average molecular weight is 515 g/mol. The highest BCUT2D eigenvalue weighted by Crippen LogP contribution is 2.31. The lowest BCUT2D eigenvalue weighted by molar-refractivity contribution is 0.0706. The monoisotopic (exact) mass is 514 g/mol. The van der Waals surface area contributed by atoms with Crippen molar-refractivity contribution in [3.05, 3.63) is 75.8 Å². The maximum Gasteiger partial charge on any atom is 0.259 e. The minimum absolute atomic E-state index is 0.0233. The second-order valence-electron chi connectivity index (χ2n) is 10.6. The Morgan fingerprint density at radius 1 is 1.00 bits per heavy atom. The molecule has 4 aromatic rings. The molecule has 2 aliphatic rings. The fourth-order valence-corrected chi connectivity index (χ4v) is 5.75. The Morgan fingerprint density at radius 2 is 1.76 bits per heavy atom. The molecular formula is C29H34N6O3. The summed E-state index contributed by atoms with van der Waals surface area (Å²) in [6.07, 6.45) is 5.92. The van der Waals surface area contributed by atoms with E-state index in [1.807, 2.05) is 16.3 Å². The first-order chi connectivity index (χ1) is 18.5. The Balaban J connectivity index is 1.16. The van der Waals surface area contributed by atoms with Crippen LogP contribution in [0, 0.1) is 20.8 Å². The number of rotatable bonds is 5. The van der Waals surface area contributed by atoms with Gasteiger partial charge in [-0.05, 0) is 63.1 Å². The van der Waals surface area contributed by atoms with Crippen LogP contribution in [-0.2, 0) is 11.2 Å². The molecule has 38 heavy (non-hydrogen) atoms. The van der Waals surface area contributed by atoms with Crippen LogP contribution in [0.5, 0.6) is 0 Å². The predicted octanol–water partition coefficient (Wildman–Crippen LogP) is 4.54. The number of carbonyl (C=O) groups excluding carboxylic acids is 1. The Labute approximate surface area is 222 Å². The van der Waals surface area contributed by atoms with Crippen LogP contribution < -0.4 is 0 Å². The largest absolute Gasteiger partial charge is 0.381 e. The number of hydrogen-bond donors (Lipinski definition) is 0. The number of piperidine rings is 1. The summed E-state index contributed by atoms with van der Waals surface area (Å²) in [6.45, 7) is 8.98. The lowest BCUT2D eigenvalue weighted by atomic mass is 9.96. The van der Waals surface area contributed by atoms with Gasteiger partial charge in [0.25, 0.3) is 5.91 Å². The number of amides is 1. The predicted molar refractivity (Wildman–Crippen MR) is 141 cm³/mol. The number of likely N-dealkylation sites (tertiary alicyclic amines) is 1. The number of aromatic nitrogens is 5. The van der Waals surface area contributed by atoms with Crippen molar-refractivity contribution in [3.63, 3.8) is 0 Å². The number of hydrogen-bond acceptors (Lipinski definition) is 7. The summed E-state index contributed by atoms with van der Waals surface area (Å²) in [5.41, 5.74) is 6.80. The Kier molecular flexibility index (Phi) is 6.69. The maximum absolute atomic E-state index is 13.5. The number of aryl methyl sites for hydroxylation is 3. The summed E-state index contributed by atoms with van der Waals surface area (Å²) in [5.74, 6) is 1.96. The lowest BCUT2D eigenvalue weighted by Crippen LogP contribution is -2.38. The highest BCUT2D eigenvalue weighted by Gasteiger charge is 2.31. The maximum atomic E-state index is 13.5. The van der Waals surface area contributed by atoms with Gasteiger partial charge in [0, 0.05) is 55.9 Å². The number of fused-ring (bicyclic) bond motifs is 1. The van der Waals surface area contributed by atoms with Crippen molar-refractivity contribution in [2.45, 2.75) is 64.7 Å². The Morgan fingerprint density at radius 3 is 2.53 bits per heavy atom. The van der Waals surface area contributed by atoms with Crippen LogP contribution in [0.4, 0.5) is 0 Å². The summed E-state index contributed by atoms with van der Waals surface area (Å²) >= 11 is 0. The summed E-state index contributed by atoms with van der Waals surface area (Å²) in [6, 6.07) is 8.40. The Hall–Kier alpha value is -3.59. The van der Waals surface area contributed by atoms with Gasteiger partial charge in [-0.3, -0.25) is 4.79 Å². The molecule has 5 heterocycles. The third-order valence-corrected chi connectivity index (χ3v) is 8.24. The molecule has 0 radical (unpaired) electrons. The number of benzene rings is 1. The van der Waals surface area contributed by atoms with Gasteiger partial charge in [0.2, 0.25) is 5.89 Å². The molecule has 1 aromatic carbocycles. The van der Waals surface area contributed by atoms with E-state index in [4.69, 9.17) is 19.2 Å². The Bertz CT molecular complexity index is 1460. The van der Waals surface area contributed by atoms with Gasteiger partial charge in [-0.25, -0.2) is 9.50 Å². The zero-order valence-corrected chi connectivity index (χ0v) is 22.3. The van der Waals surface area contributed by atoms with E-state index in [2.05, 4.69) is 48.4 Å². The standard InChI is InChI=1S/C29H34N6O3/c1-18-6-4-5-7-23(18)16-24-19(2)31-27-25(17-30-35(27)20(24)3)29(36)34-12-8-22(9-13-34)28-32-26(33-38-28)21-10-14-37-15-11-21/h4-7,17,21-22H,8-16H2,1-3H3. The first-order valence-electron chi connectivity index (χ1n) is 13.6. The third kappa shape index (κ3) is 4.60. The number of carbonyl (C=O) groups is 1. The molecule has 0 unspecified atom stereocenters. The minimum atomic E-state index is -0.0233. The molecular weight excluding hydrogens is 480 g/mol. The fraction of sp³-hybridized carbons (Fsp3) is 0.483. The van der Waals surface area contributed by atoms with Gasteiger partial charge in [-0.2, -0.15) is 10.1 Å². The normalized spacial score (nSPS) is 17.4. The zero-order chi connectivity index (χ0) is 26.2. The molecule has 9 heteroatoms. The topological polar surface area (TPSA) is 98.7 Å². The van der Waals surface area contributed by atoms with Gasteiger partial charge >= 0.3 is 0 Å². The summed E-state index contributed by atoms with van der Waals surface area (Å²) in [7, 11) is 0. The van der Waals surface area contributed by atoms with Crippen LogP contribution in [-0.4, -0.2) is 61.8 Å². The second kappa shape index (κ2) is 10.3. The molecule has 2 fully saturated rings. The number of nitrogens with zero attached hydrogens (tertiary/aromatic N) is 6. The summed E-state index contributed by atoms with van der Waals surface area (Å²) < 4.78 is 12.9. The van der Waals surface area contributed by atoms with Gasteiger partial charge in [0.15, 0.2) is 11.5 Å². The first-order valence-corrected chi connectivity index (χ1v) is 13.6. The third-order valence-electron chi connectivity index (χ3n) is 8.24. The van der Waals surface area contributed by atoms with E-state index in [0.717, 1.165) is 68.1 Å². The van der Waals surface area contributed by atoms with Crippen LogP contribution in [0.2, 0.25) is 0 Å². The molecule has 6 rings (SSSR count). The quantitative estimate of drug-likeness (QED) is 0.385.